The molecule has 0 aromatic rings. The molecule has 2 N–H and O–H groups in total. The van der Waals surface area contributed by atoms with Gasteiger partial charge in [-0.2, -0.15) is 0 Å². The van der Waals surface area contributed by atoms with Crippen LogP contribution < -0.4 is 10.6 Å². The van der Waals surface area contributed by atoms with Crippen molar-refractivity contribution in [2.24, 2.45) is 11.8 Å². The summed E-state index contributed by atoms with van der Waals surface area (Å²) in [6, 6.07) is -0.365. The van der Waals surface area contributed by atoms with Gasteiger partial charge in [-0.25, -0.2) is 0 Å². The van der Waals surface area contributed by atoms with Gasteiger partial charge in [-0.15, -0.1) is 0 Å². The van der Waals surface area contributed by atoms with Crippen LogP contribution in [0.1, 0.15) is 74.1 Å². The molecule has 0 aromatic heterocycles. The summed E-state index contributed by atoms with van der Waals surface area (Å²) in [7, 11) is 1.92. The average molecular weight is 473 g/mol. The summed E-state index contributed by atoms with van der Waals surface area (Å²) in [6.07, 6.45) is 1.54. The number of hydrogen-bond donors (Lipinski definition) is 2. The fourth-order valence-electron chi connectivity index (χ4n) is 2.75. The highest BCUT2D eigenvalue weighted by atomic mass is 16.5. The van der Waals surface area contributed by atoms with Gasteiger partial charge in [0.15, 0.2) is 0 Å². The van der Waals surface area contributed by atoms with Crippen molar-refractivity contribution in [2.75, 3.05) is 40.1 Å². The zero-order chi connectivity index (χ0) is 25.4. The summed E-state index contributed by atoms with van der Waals surface area (Å²) < 4.78 is 17.1. The van der Waals surface area contributed by atoms with E-state index in [1.807, 2.05) is 41.7 Å². The number of nitrogens with one attached hydrogen (secondary N) is 2. The first-order valence-electron chi connectivity index (χ1n) is 12.2. The summed E-state index contributed by atoms with van der Waals surface area (Å²) in [5.41, 5.74) is -0.0182. The summed E-state index contributed by atoms with van der Waals surface area (Å²) in [6.45, 7) is 15.2. The van der Waals surface area contributed by atoms with Crippen LogP contribution in [-0.2, 0) is 28.6 Å². The third-order valence-electron chi connectivity index (χ3n) is 5.56. The molecule has 1 amide bonds. The molecule has 0 heterocycles. The van der Waals surface area contributed by atoms with E-state index in [-0.39, 0.29) is 66.6 Å². The van der Waals surface area contributed by atoms with E-state index in [9.17, 15) is 14.4 Å². The SMILES string of the molecule is CNC(C)(C)CCOC(C)CC(=O)NC(COCCC(=O)C(C)C)COCCC(=O)C(C)C. The number of ketones is 2. The molecule has 1 unspecified atom stereocenters. The van der Waals surface area contributed by atoms with Crippen LogP contribution in [0.25, 0.3) is 0 Å². The van der Waals surface area contributed by atoms with Gasteiger partial charge in [0, 0.05) is 36.8 Å². The lowest BCUT2D eigenvalue weighted by atomic mass is 10.0. The van der Waals surface area contributed by atoms with Crippen LogP contribution in [0.3, 0.4) is 0 Å². The molecule has 0 spiro atoms. The number of rotatable bonds is 20. The van der Waals surface area contributed by atoms with Gasteiger partial charge in [0.25, 0.3) is 0 Å². The first kappa shape index (κ1) is 31.6. The van der Waals surface area contributed by atoms with E-state index in [1.54, 1.807) is 0 Å². The van der Waals surface area contributed by atoms with Crippen LogP contribution in [0.4, 0.5) is 0 Å². The number of amides is 1. The van der Waals surface area contributed by atoms with E-state index in [4.69, 9.17) is 14.2 Å². The highest BCUT2D eigenvalue weighted by Crippen LogP contribution is 2.09. The van der Waals surface area contributed by atoms with Crippen LogP contribution in [0.5, 0.6) is 0 Å². The second-order valence-corrected chi connectivity index (χ2v) is 9.93. The first-order valence-corrected chi connectivity index (χ1v) is 12.2. The van der Waals surface area contributed by atoms with Crippen LogP contribution in [-0.4, -0.2) is 75.2 Å². The first-order chi connectivity index (χ1) is 15.4. The van der Waals surface area contributed by atoms with Crippen molar-refractivity contribution in [3.05, 3.63) is 0 Å². The minimum absolute atomic E-state index is 0.0182. The Morgan fingerprint density at radius 1 is 0.818 bits per heavy atom. The molecule has 1 atom stereocenters. The Kier molecular flexibility index (Phi) is 16.4. The fraction of sp³-hybridized carbons (Fsp3) is 0.880. The Labute approximate surface area is 200 Å². The topological polar surface area (TPSA) is 103 Å². The molecule has 0 radical (unpaired) electrons. The van der Waals surface area contributed by atoms with Gasteiger partial charge in [-0.1, -0.05) is 27.7 Å². The quantitative estimate of drug-likeness (QED) is 0.263. The predicted octanol–water partition coefficient (Wildman–Crippen LogP) is 2.92. The number of hydrogen-bond acceptors (Lipinski definition) is 7. The Morgan fingerprint density at radius 2 is 1.30 bits per heavy atom. The molecule has 0 rings (SSSR count). The zero-order valence-electron chi connectivity index (χ0n) is 22.1. The molecule has 0 aromatic carbocycles. The molecule has 0 fully saturated rings. The molecule has 0 saturated carbocycles. The molecule has 0 saturated heterocycles. The molecule has 8 nitrogen and oxygen atoms in total. The van der Waals surface area contributed by atoms with Crippen molar-refractivity contribution < 1.29 is 28.6 Å². The van der Waals surface area contributed by atoms with Crippen molar-refractivity contribution in [1.82, 2.24) is 10.6 Å². The van der Waals surface area contributed by atoms with Crippen molar-refractivity contribution in [2.45, 2.75) is 91.8 Å². The second kappa shape index (κ2) is 17.1. The monoisotopic (exact) mass is 472 g/mol. The van der Waals surface area contributed by atoms with Gasteiger partial charge in [0.2, 0.25) is 5.91 Å². The van der Waals surface area contributed by atoms with Crippen molar-refractivity contribution in [3.8, 4) is 0 Å². The molecular weight excluding hydrogens is 424 g/mol. The maximum Gasteiger partial charge on any atom is 0.222 e. The number of carbonyl (C=O) groups is 3. The molecule has 0 aliphatic heterocycles. The van der Waals surface area contributed by atoms with Crippen LogP contribution in [0.2, 0.25) is 0 Å². The van der Waals surface area contributed by atoms with E-state index in [2.05, 4.69) is 24.5 Å². The normalized spacial score (nSPS) is 13.1. The van der Waals surface area contributed by atoms with E-state index < -0.39 is 0 Å². The fourth-order valence-corrected chi connectivity index (χ4v) is 2.75. The number of ether oxygens (including phenoxy) is 3. The summed E-state index contributed by atoms with van der Waals surface area (Å²) >= 11 is 0. The molecule has 0 aliphatic carbocycles. The molecule has 33 heavy (non-hydrogen) atoms. The Morgan fingerprint density at radius 3 is 1.73 bits per heavy atom. The van der Waals surface area contributed by atoms with Gasteiger partial charge in [0.05, 0.1) is 45.0 Å². The predicted molar refractivity (Wildman–Crippen MR) is 130 cm³/mol. The third-order valence-corrected chi connectivity index (χ3v) is 5.56. The molecule has 8 heteroatoms. The van der Waals surface area contributed by atoms with E-state index in [0.717, 1.165) is 6.42 Å². The largest absolute Gasteiger partial charge is 0.379 e. The van der Waals surface area contributed by atoms with Crippen LogP contribution in [0.15, 0.2) is 0 Å². The lowest BCUT2D eigenvalue weighted by molar-refractivity contribution is -0.127. The van der Waals surface area contributed by atoms with Crippen LogP contribution in [0, 0.1) is 11.8 Å². The van der Waals surface area contributed by atoms with Crippen molar-refractivity contribution in [1.29, 1.82) is 0 Å². The highest BCUT2D eigenvalue weighted by Gasteiger charge is 2.19. The van der Waals surface area contributed by atoms with Gasteiger partial charge >= 0.3 is 0 Å². The maximum atomic E-state index is 12.5. The lowest BCUT2D eigenvalue weighted by Crippen LogP contribution is -2.43. The lowest BCUT2D eigenvalue weighted by Gasteiger charge is -2.25. The van der Waals surface area contributed by atoms with E-state index in [1.165, 1.54) is 0 Å². The Balaban J connectivity index is 4.53. The van der Waals surface area contributed by atoms with Gasteiger partial charge in [0.1, 0.15) is 11.6 Å². The van der Waals surface area contributed by atoms with E-state index >= 15 is 0 Å². The standard InChI is InChI=1S/C25H48N2O6/c1-18(2)22(28)9-12-31-16-21(17-32-13-10-23(29)19(3)4)27-24(30)15-20(5)33-14-11-25(6,7)26-8/h18-21,26H,9-17H2,1-8H3,(H,27,30). The smallest absolute Gasteiger partial charge is 0.222 e. The highest BCUT2D eigenvalue weighted by molar-refractivity contribution is 5.80. The van der Waals surface area contributed by atoms with Crippen molar-refractivity contribution >= 4 is 17.5 Å². The Hall–Kier alpha value is -1.35. The minimum Gasteiger partial charge on any atom is -0.379 e. The molecular formula is C25H48N2O6. The Bertz CT molecular complexity index is 549. The second-order valence-electron chi connectivity index (χ2n) is 9.93. The van der Waals surface area contributed by atoms with E-state index in [0.29, 0.717) is 32.7 Å². The maximum absolute atomic E-state index is 12.5. The number of carbonyl (C=O) groups excluding carboxylic acids is 3. The van der Waals surface area contributed by atoms with Gasteiger partial charge in [-0.05, 0) is 34.2 Å². The minimum atomic E-state index is -0.365. The molecule has 194 valence electrons. The zero-order valence-corrected chi connectivity index (χ0v) is 22.1. The average Bonchev–Trinajstić information content (AvgIpc) is 2.72. The van der Waals surface area contributed by atoms with Gasteiger partial charge < -0.3 is 24.8 Å². The van der Waals surface area contributed by atoms with Crippen molar-refractivity contribution in [3.63, 3.8) is 0 Å². The molecule has 0 aliphatic rings. The summed E-state index contributed by atoms with van der Waals surface area (Å²) in [5.74, 6) is 0.0965. The summed E-state index contributed by atoms with van der Waals surface area (Å²) in [4.78, 5) is 36.0. The summed E-state index contributed by atoms with van der Waals surface area (Å²) in [5, 5.41) is 6.16. The molecule has 0 bridgehead atoms. The van der Waals surface area contributed by atoms with Gasteiger partial charge in [-0.3, -0.25) is 14.4 Å². The third kappa shape index (κ3) is 16.8. The van der Waals surface area contributed by atoms with Crippen LogP contribution >= 0.6 is 0 Å². The number of Topliss-reactive ketones (excluding diaryl/α,β-unsaturated/α-hetero) is 2.